The molecule has 5 fully saturated rings. The molecule has 0 saturated heterocycles. The van der Waals surface area contributed by atoms with Crippen molar-refractivity contribution in [2.75, 3.05) is 0 Å². The average molecular weight is 160 g/mol. The van der Waals surface area contributed by atoms with E-state index in [1.807, 2.05) is 5.57 Å². The van der Waals surface area contributed by atoms with E-state index >= 15 is 0 Å². The molecule has 5 saturated carbocycles. The van der Waals surface area contributed by atoms with Gasteiger partial charge in [-0.1, -0.05) is 18.6 Å². The molecule has 0 N–H and O–H groups in total. The third-order valence-corrected chi connectivity index (χ3v) is 4.80. The molecule has 5 aliphatic carbocycles. The summed E-state index contributed by atoms with van der Waals surface area (Å²) in [4.78, 5) is 0. The third-order valence-electron chi connectivity index (χ3n) is 4.80. The first kappa shape index (κ1) is 6.23. The van der Waals surface area contributed by atoms with Crippen molar-refractivity contribution in [1.29, 1.82) is 0 Å². The third kappa shape index (κ3) is 0.551. The van der Waals surface area contributed by atoms with Crippen molar-refractivity contribution in [3.05, 3.63) is 11.6 Å². The van der Waals surface area contributed by atoms with Crippen molar-refractivity contribution < 1.29 is 0 Å². The van der Waals surface area contributed by atoms with Gasteiger partial charge in [-0.3, -0.25) is 0 Å². The molecule has 5 aliphatic rings. The summed E-state index contributed by atoms with van der Waals surface area (Å²) in [6.45, 7) is 2.40. The van der Waals surface area contributed by atoms with E-state index in [-0.39, 0.29) is 0 Å². The minimum Gasteiger partial charge on any atom is -0.0782 e. The Balaban J connectivity index is 1.51. The van der Waals surface area contributed by atoms with Crippen molar-refractivity contribution in [2.45, 2.75) is 32.6 Å². The second-order valence-corrected chi connectivity index (χ2v) is 5.56. The van der Waals surface area contributed by atoms with Gasteiger partial charge in [-0.15, -0.1) is 0 Å². The van der Waals surface area contributed by atoms with Crippen LogP contribution in [0.4, 0.5) is 0 Å². The fraction of sp³-hybridized carbons (Fsp3) is 0.833. The summed E-state index contributed by atoms with van der Waals surface area (Å²) in [6, 6.07) is 0. The summed E-state index contributed by atoms with van der Waals surface area (Å²) in [7, 11) is 0. The van der Waals surface area contributed by atoms with Crippen LogP contribution in [0.3, 0.4) is 0 Å². The largest absolute Gasteiger partial charge is 0.0782 e. The van der Waals surface area contributed by atoms with Gasteiger partial charge in [0.1, 0.15) is 0 Å². The molecular weight excluding hydrogens is 144 g/mol. The Kier molecular flexibility index (Phi) is 0.799. The van der Waals surface area contributed by atoms with E-state index in [4.69, 9.17) is 0 Å². The van der Waals surface area contributed by atoms with Gasteiger partial charge in [0.05, 0.1) is 0 Å². The normalized spacial score (nSPS) is 63.9. The van der Waals surface area contributed by atoms with Crippen LogP contribution in [0.5, 0.6) is 0 Å². The van der Waals surface area contributed by atoms with Crippen LogP contribution < -0.4 is 0 Å². The Morgan fingerprint density at radius 2 is 1.75 bits per heavy atom. The fourth-order valence-electron chi connectivity index (χ4n) is 3.33. The van der Waals surface area contributed by atoms with E-state index in [1.54, 1.807) is 0 Å². The zero-order valence-corrected chi connectivity index (χ0v) is 7.72. The van der Waals surface area contributed by atoms with E-state index in [2.05, 4.69) is 13.0 Å². The zero-order chi connectivity index (χ0) is 7.92. The van der Waals surface area contributed by atoms with Crippen molar-refractivity contribution in [3.8, 4) is 0 Å². The van der Waals surface area contributed by atoms with Gasteiger partial charge in [-0.25, -0.2) is 0 Å². The van der Waals surface area contributed by atoms with Crippen LogP contribution in [0, 0.1) is 29.1 Å². The Hall–Kier alpha value is -0.260. The van der Waals surface area contributed by atoms with Crippen molar-refractivity contribution in [1.82, 2.24) is 0 Å². The van der Waals surface area contributed by atoms with Gasteiger partial charge in [0.2, 0.25) is 0 Å². The maximum absolute atomic E-state index is 2.69. The highest BCUT2D eigenvalue weighted by Gasteiger charge is 3.07. The highest BCUT2D eigenvalue weighted by Crippen LogP contribution is 3.10. The lowest BCUT2D eigenvalue weighted by atomic mass is 9.86. The highest BCUT2D eigenvalue weighted by atomic mass is 15.1. The maximum Gasteiger partial charge on any atom is -0.00124 e. The quantitative estimate of drug-likeness (QED) is 0.517. The van der Waals surface area contributed by atoms with Crippen LogP contribution in [0.15, 0.2) is 11.6 Å². The molecule has 0 aromatic heterocycles. The summed E-state index contributed by atoms with van der Waals surface area (Å²) in [5, 5.41) is 0. The molecule has 0 spiro atoms. The fourth-order valence-corrected chi connectivity index (χ4v) is 3.33. The van der Waals surface area contributed by atoms with Gasteiger partial charge in [-0.05, 0) is 54.8 Å². The van der Waals surface area contributed by atoms with E-state index in [1.165, 1.54) is 43.4 Å². The monoisotopic (exact) mass is 160 g/mol. The summed E-state index contributed by atoms with van der Waals surface area (Å²) in [5.74, 6) is 4.68. The lowest BCUT2D eigenvalue weighted by Gasteiger charge is -2.20. The Bertz CT molecular complexity index is 249. The van der Waals surface area contributed by atoms with E-state index in [0.717, 1.165) is 11.3 Å². The predicted octanol–water partition coefficient (Wildman–Crippen LogP) is 3.00. The second-order valence-electron chi connectivity index (χ2n) is 5.56. The van der Waals surface area contributed by atoms with Gasteiger partial charge in [-0.2, -0.15) is 0 Å². The number of rotatable bonds is 1. The molecule has 0 radical (unpaired) electrons. The smallest absolute Gasteiger partial charge is 0.00124 e. The lowest BCUT2D eigenvalue weighted by Crippen LogP contribution is -2.04. The molecule has 12 heavy (non-hydrogen) atoms. The predicted molar refractivity (Wildman–Crippen MR) is 48.6 cm³/mol. The summed E-state index contributed by atoms with van der Waals surface area (Å²) >= 11 is 0. The van der Waals surface area contributed by atoms with E-state index in [9.17, 15) is 0 Å². The number of allylic oxidation sites excluding steroid dienone is 2. The van der Waals surface area contributed by atoms with E-state index in [0.29, 0.717) is 0 Å². The van der Waals surface area contributed by atoms with Crippen molar-refractivity contribution >= 4 is 0 Å². The van der Waals surface area contributed by atoms with Crippen LogP contribution >= 0.6 is 0 Å². The Morgan fingerprint density at radius 3 is 2.25 bits per heavy atom. The van der Waals surface area contributed by atoms with Gasteiger partial charge in [0.15, 0.2) is 0 Å². The molecule has 64 valence electrons. The molecule has 5 rings (SSSR count). The van der Waals surface area contributed by atoms with Crippen molar-refractivity contribution in [3.63, 3.8) is 0 Å². The van der Waals surface area contributed by atoms with Gasteiger partial charge in [0.25, 0.3) is 0 Å². The number of hydrogen-bond acceptors (Lipinski definition) is 0. The summed E-state index contributed by atoms with van der Waals surface area (Å²) < 4.78 is 0. The molecular formula is C12H16. The topological polar surface area (TPSA) is 0 Å². The molecule has 0 nitrogen and oxygen atoms in total. The molecule has 0 bridgehead atoms. The first-order chi connectivity index (χ1) is 5.84. The molecule has 0 heterocycles. The highest BCUT2D eigenvalue weighted by molar-refractivity contribution is 5.60. The molecule has 0 unspecified atom stereocenters. The standard InChI is InChI=1S/C12H16/c1-7-2-4-8(5-3-7)6-12-9-10(12)11(9)12/h6-7,9-11H,2-5H2,1H3. The van der Waals surface area contributed by atoms with Gasteiger partial charge in [0, 0.05) is 0 Å². The van der Waals surface area contributed by atoms with Gasteiger partial charge >= 0.3 is 0 Å². The maximum atomic E-state index is 2.69. The first-order valence-corrected chi connectivity index (χ1v) is 5.54. The lowest BCUT2D eigenvalue weighted by molar-refractivity contribution is 0.442. The molecule has 0 amide bonds. The van der Waals surface area contributed by atoms with Crippen LogP contribution in [-0.2, 0) is 0 Å². The first-order valence-electron chi connectivity index (χ1n) is 5.54. The molecule has 0 heteroatoms. The van der Waals surface area contributed by atoms with Crippen LogP contribution in [-0.4, -0.2) is 0 Å². The number of hydrogen-bond donors (Lipinski definition) is 0. The molecule has 0 aromatic carbocycles. The SMILES string of the molecule is CC1CCC(=CC23C4C2C43)CC1. The zero-order valence-electron chi connectivity index (χ0n) is 7.72. The van der Waals surface area contributed by atoms with Crippen molar-refractivity contribution in [2.24, 2.45) is 29.1 Å². The van der Waals surface area contributed by atoms with Crippen LogP contribution in [0.1, 0.15) is 32.6 Å². The van der Waals surface area contributed by atoms with Gasteiger partial charge < -0.3 is 0 Å². The van der Waals surface area contributed by atoms with Crippen LogP contribution in [0.2, 0.25) is 0 Å². The second kappa shape index (κ2) is 1.54. The average Bonchev–Trinajstić information content (AvgIpc) is 2.89. The Labute approximate surface area is 74.0 Å². The van der Waals surface area contributed by atoms with Crippen LogP contribution in [0.25, 0.3) is 0 Å². The Morgan fingerprint density at radius 1 is 1.17 bits per heavy atom. The molecule has 0 atom stereocenters. The molecule has 0 aliphatic heterocycles. The molecule has 0 aromatic rings. The van der Waals surface area contributed by atoms with E-state index < -0.39 is 0 Å². The summed E-state index contributed by atoms with van der Waals surface area (Å²) in [6.07, 6.45) is 8.47. The minimum atomic E-state index is 0.885. The summed E-state index contributed by atoms with van der Waals surface area (Å²) in [5.41, 5.74) is 2.70. The minimum absolute atomic E-state index is 0.885.